The number of hydrogen-bond donors (Lipinski definition) is 1. The number of primary amides is 1. The maximum atomic E-state index is 12.9. The molecule has 1 saturated carbocycles. The number of rotatable bonds is 2. The maximum Gasteiger partial charge on any atom is 0.254 e. The Morgan fingerprint density at radius 1 is 1.24 bits per heavy atom. The van der Waals surface area contributed by atoms with Gasteiger partial charge in [-0.25, -0.2) is 0 Å². The second-order valence-electron chi connectivity index (χ2n) is 6.35. The SMILES string of the molecule is Cc1cccc(C(=O)N2[C@@H](C(N)=O)C[C@@H]3CCCC[C@@H]32)c1. The van der Waals surface area contributed by atoms with Gasteiger partial charge in [0.25, 0.3) is 5.91 Å². The van der Waals surface area contributed by atoms with Gasteiger partial charge in [0, 0.05) is 11.6 Å². The van der Waals surface area contributed by atoms with Crippen LogP contribution in [0.1, 0.15) is 48.0 Å². The zero-order chi connectivity index (χ0) is 15.0. The topological polar surface area (TPSA) is 63.4 Å². The Balaban J connectivity index is 1.92. The van der Waals surface area contributed by atoms with Crippen LogP contribution in [0.4, 0.5) is 0 Å². The van der Waals surface area contributed by atoms with Gasteiger partial charge in [0.05, 0.1) is 0 Å². The fourth-order valence-electron chi connectivity index (χ4n) is 3.93. The van der Waals surface area contributed by atoms with Gasteiger partial charge in [0.15, 0.2) is 0 Å². The molecule has 1 aromatic carbocycles. The number of aryl methyl sites for hydroxylation is 1. The molecule has 1 saturated heterocycles. The molecule has 3 rings (SSSR count). The largest absolute Gasteiger partial charge is 0.368 e. The number of nitrogens with zero attached hydrogens (tertiary/aromatic N) is 1. The highest BCUT2D eigenvalue weighted by molar-refractivity contribution is 5.98. The van der Waals surface area contributed by atoms with Gasteiger partial charge in [-0.05, 0) is 44.2 Å². The molecule has 2 fully saturated rings. The van der Waals surface area contributed by atoms with E-state index in [1.165, 1.54) is 6.42 Å². The zero-order valence-corrected chi connectivity index (χ0v) is 12.4. The third-order valence-electron chi connectivity index (χ3n) is 4.92. The third kappa shape index (κ3) is 2.55. The number of likely N-dealkylation sites (tertiary alicyclic amines) is 1. The first kappa shape index (κ1) is 14.1. The Labute approximate surface area is 125 Å². The van der Waals surface area contributed by atoms with Crippen molar-refractivity contribution in [2.45, 2.75) is 51.1 Å². The Hall–Kier alpha value is -1.84. The van der Waals surface area contributed by atoms with Crippen molar-refractivity contribution < 1.29 is 9.59 Å². The van der Waals surface area contributed by atoms with E-state index >= 15 is 0 Å². The lowest BCUT2D eigenvalue weighted by molar-refractivity contribution is -0.122. The Bertz CT molecular complexity index is 570. The van der Waals surface area contributed by atoms with E-state index in [9.17, 15) is 9.59 Å². The van der Waals surface area contributed by atoms with E-state index < -0.39 is 6.04 Å². The summed E-state index contributed by atoms with van der Waals surface area (Å²) in [7, 11) is 0. The van der Waals surface area contributed by atoms with Crippen LogP contribution in [0.2, 0.25) is 0 Å². The van der Waals surface area contributed by atoms with Gasteiger partial charge in [-0.15, -0.1) is 0 Å². The van der Waals surface area contributed by atoms with Crippen molar-refractivity contribution in [1.29, 1.82) is 0 Å². The minimum Gasteiger partial charge on any atom is -0.368 e. The van der Waals surface area contributed by atoms with Crippen LogP contribution in [0.3, 0.4) is 0 Å². The smallest absolute Gasteiger partial charge is 0.254 e. The van der Waals surface area contributed by atoms with Crippen LogP contribution in [0, 0.1) is 12.8 Å². The van der Waals surface area contributed by atoms with Crippen molar-refractivity contribution in [1.82, 2.24) is 4.90 Å². The van der Waals surface area contributed by atoms with E-state index in [4.69, 9.17) is 5.73 Å². The third-order valence-corrected chi connectivity index (χ3v) is 4.92. The quantitative estimate of drug-likeness (QED) is 0.906. The summed E-state index contributed by atoms with van der Waals surface area (Å²) < 4.78 is 0. The molecule has 1 aliphatic heterocycles. The summed E-state index contributed by atoms with van der Waals surface area (Å²) >= 11 is 0. The van der Waals surface area contributed by atoms with E-state index in [-0.39, 0.29) is 17.9 Å². The van der Waals surface area contributed by atoms with Crippen molar-refractivity contribution >= 4 is 11.8 Å². The molecule has 4 heteroatoms. The summed E-state index contributed by atoms with van der Waals surface area (Å²) in [6.07, 6.45) is 5.15. The molecule has 4 nitrogen and oxygen atoms in total. The minimum absolute atomic E-state index is 0.0445. The number of benzene rings is 1. The average Bonchev–Trinajstić information content (AvgIpc) is 2.86. The maximum absolute atomic E-state index is 12.9. The predicted octanol–water partition coefficient (Wildman–Crippen LogP) is 2.25. The van der Waals surface area contributed by atoms with Gasteiger partial charge in [0.2, 0.25) is 5.91 Å². The molecular formula is C17H22N2O2. The monoisotopic (exact) mass is 286 g/mol. The molecule has 2 aliphatic rings. The normalized spacial score (nSPS) is 28.2. The Morgan fingerprint density at radius 2 is 2.00 bits per heavy atom. The molecule has 112 valence electrons. The highest BCUT2D eigenvalue weighted by Gasteiger charge is 2.46. The zero-order valence-electron chi connectivity index (χ0n) is 12.4. The lowest BCUT2D eigenvalue weighted by atomic mass is 9.84. The number of hydrogen-bond acceptors (Lipinski definition) is 2. The molecule has 0 spiro atoms. The van der Waals surface area contributed by atoms with Gasteiger partial charge in [-0.1, -0.05) is 30.5 Å². The van der Waals surface area contributed by atoms with Gasteiger partial charge >= 0.3 is 0 Å². The van der Waals surface area contributed by atoms with Crippen LogP contribution < -0.4 is 5.73 Å². The van der Waals surface area contributed by atoms with Crippen LogP contribution >= 0.6 is 0 Å². The molecule has 2 N–H and O–H groups in total. The second kappa shape index (κ2) is 5.51. The first-order valence-corrected chi connectivity index (χ1v) is 7.76. The van der Waals surface area contributed by atoms with Crippen molar-refractivity contribution in [3.05, 3.63) is 35.4 Å². The van der Waals surface area contributed by atoms with Crippen molar-refractivity contribution in [2.24, 2.45) is 11.7 Å². The molecule has 1 aliphatic carbocycles. The lowest BCUT2D eigenvalue weighted by Crippen LogP contribution is -2.48. The molecule has 21 heavy (non-hydrogen) atoms. The lowest BCUT2D eigenvalue weighted by Gasteiger charge is -2.33. The first-order chi connectivity index (χ1) is 10.1. The molecule has 0 radical (unpaired) electrons. The summed E-state index contributed by atoms with van der Waals surface area (Å²) in [6.45, 7) is 1.97. The van der Waals surface area contributed by atoms with Crippen molar-refractivity contribution in [3.8, 4) is 0 Å². The van der Waals surface area contributed by atoms with Crippen LogP contribution in [-0.2, 0) is 4.79 Å². The number of carbonyl (C=O) groups is 2. The van der Waals surface area contributed by atoms with Gasteiger partial charge in [-0.3, -0.25) is 9.59 Å². The van der Waals surface area contributed by atoms with E-state index in [1.54, 1.807) is 4.90 Å². The van der Waals surface area contributed by atoms with Crippen LogP contribution in [0.15, 0.2) is 24.3 Å². The Kier molecular flexibility index (Phi) is 3.70. The summed E-state index contributed by atoms with van der Waals surface area (Å²) in [5, 5.41) is 0. The van der Waals surface area contributed by atoms with E-state index in [1.807, 2.05) is 31.2 Å². The van der Waals surface area contributed by atoms with Crippen molar-refractivity contribution in [2.75, 3.05) is 0 Å². The van der Waals surface area contributed by atoms with E-state index in [2.05, 4.69) is 0 Å². The minimum atomic E-state index is -0.439. The average molecular weight is 286 g/mol. The molecule has 1 heterocycles. The first-order valence-electron chi connectivity index (χ1n) is 7.76. The summed E-state index contributed by atoms with van der Waals surface area (Å²) in [4.78, 5) is 26.5. The summed E-state index contributed by atoms with van der Waals surface area (Å²) in [6, 6.07) is 7.31. The summed E-state index contributed by atoms with van der Waals surface area (Å²) in [5.41, 5.74) is 7.27. The van der Waals surface area contributed by atoms with Crippen LogP contribution in [-0.4, -0.2) is 28.8 Å². The number of nitrogens with two attached hydrogens (primary N) is 1. The van der Waals surface area contributed by atoms with Gasteiger partial charge in [-0.2, -0.15) is 0 Å². The standard InChI is InChI=1S/C17H22N2O2/c1-11-5-4-7-13(9-11)17(21)19-14-8-3-2-6-12(14)10-15(19)16(18)20/h4-5,7,9,12,14-15H,2-3,6,8,10H2,1H3,(H2,18,20)/t12-,14-,15+/m0/s1. The molecular weight excluding hydrogens is 264 g/mol. The Morgan fingerprint density at radius 3 is 2.71 bits per heavy atom. The fourth-order valence-corrected chi connectivity index (χ4v) is 3.93. The molecule has 0 bridgehead atoms. The predicted molar refractivity (Wildman–Crippen MR) is 80.7 cm³/mol. The highest BCUT2D eigenvalue weighted by atomic mass is 16.2. The molecule has 3 atom stereocenters. The number of fused-ring (bicyclic) bond motifs is 1. The van der Waals surface area contributed by atoms with Gasteiger partial charge < -0.3 is 10.6 Å². The second-order valence-corrected chi connectivity index (χ2v) is 6.35. The highest BCUT2D eigenvalue weighted by Crippen LogP contribution is 2.40. The van der Waals surface area contributed by atoms with Crippen LogP contribution in [0.25, 0.3) is 0 Å². The van der Waals surface area contributed by atoms with Crippen LogP contribution in [0.5, 0.6) is 0 Å². The summed E-state index contributed by atoms with van der Waals surface area (Å²) in [5.74, 6) is 0.0207. The van der Waals surface area contributed by atoms with E-state index in [0.717, 1.165) is 31.2 Å². The molecule has 0 aromatic heterocycles. The molecule has 2 amide bonds. The van der Waals surface area contributed by atoms with E-state index in [0.29, 0.717) is 11.5 Å². The molecule has 0 unspecified atom stereocenters. The van der Waals surface area contributed by atoms with Gasteiger partial charge in [0.1, 0.15) is 6.04 Å². The fraction of sp³-hybridized carbons (Fsp3) is 0.529. The van der Waals surface area contributed by atoms with Crippen molar-refractivity contribution in [3.63, 3.8) is 0 Å². The number of amides is 2. The number of carbonyl (C=O) groups excluding carboxylic acids is 2. The molecule has 1 aromatic rings.